The molecule has 0 N–H and O–H groups in total. The highest BCUT2D eigenvalue weighted by Crippen LogP contribution is 2.31. The predicted molar refractivity (Wildman–Crippen MR) is 126 cm³/mol. The highest BCUT2D eigenvalue weighted by molar-refractivity contribution is 7.22. The van der Waals surface area contributed by atoms with Gasteiger partial charge in [-0.25, -0.2) is 9.37 Å². The lowest BCUT2D eigenvalue weighted by atomic mass is 10.2. The first kappa shape index (κ1) is 20.8. The van der Waals surface area contributed by atoms with E-state index in [1.165, 1.54) is 17.4 Å². The van der Waals surface area contributed by atoms with Gasteiger partial charge in [0, 0.05) is 24.5 Å². The van der Waals surface area contributed by atoms with E-state index >= 15 is 0 Å². The Bertz CT molecular complexity index is 1370. The maximum atomic E-state index is 14.2. The number of carbonyl (C=O) groups excluding carboxylic acids is 1. The van der Waals surface area contributed by atoms with Gasteiger partial charge in [-0.05, 0) is 54.6 Å². The number of nitrogens with zero attached hydrogens (tertiary/aromatic N) is 4. The van der Waals surface area contributed by atoms with Crippen LogP contribution in [-0.2, 0) is 6.54 Å². The van der Waals surface area contributed by atoms with Crippen LogP contribution in [0.3, 0.4) is 0 Å². The van der Waals surface area contributed by atoms with Crippen LogP contribution in [0.1, 0.15) is 10.4 Å². The molecule has 0 unspecified atom stereocenters. The van der Waals surface area contributed by atoms with Gasteiger partial charge >= 0.3 is 0 Å². The van der Waals surface area contributed by atoms with E-state index in [0.717, 1.165) is 0 Å². The van der Waals surface area contributed by atoms with Crippen molar-refractivity contribution in [3.8, 4) is 11.5 Å². The first-order chi connectivity index (χ1) is 16.2. The first-order valence-corrected chi connectivity index (χ1v) is 11.2. The molecule has 5 aromatic rings. The Hall–Kier alpha value is -4.04. The van der Waals surface area contributed by atoms with E-state index in [0.29, 0.717) is 40.0 Å². The molecule has 33 heavy (non-hydrogen) atoms. The average molecular weight is 459 g/mol. The number of carbonyl (C=O) groups is 1. The van der Waals surface area contributed by atoms with E-state index in [-0.39, 0.29) is 11.4 Å². The summed E-state index contributed by atoms with van der Waals surface area (Å²) in [5.74, 6) is 0.710. The van der Waals surface area contributed by atoms with Gasteiger partial charge in [-0.1, -0.05) is 35.6 Å². The molecule has 1 amide bonds. The van der Waals surface area contributed by atoms with E-state index in [4.69, 9.17) is 4.74 Å². The van der Waals surface area contributed by atoms with E-state index in [1.54, 1.807) is 52.2 Å². The minimum Gasteiger partial charge on any atom is -0.457 e. The molecule has 0 radical (unpaired) electrons. The van der Waals surface area contributed by atoms with Crippen molar-refractivity contribution >= 4 is 32.6 Å². The average Bonchev–Trinajstić information content (AvgIpc) is 3.51. The summed E-state index contributed by atoms with van der Waals surface area (Å²) < 4.78 is 22.5. The Morgan fingerprint density at radius 2 is 1.76 bits per heavy atom. The predicted octanol–water partition coefficient (Wildman–Crippen LogP) is 5.77. The fourth-order valence-corrected chi connectivity index (χ4v) is 4.39. The molecule has 0 saturated carbocycles. The number of hydrogen-bond donors (Lipinski definition) is 0. The second-order valence-electron chi connectivity index (χ2n) is 7.25. The molecule has 6 nitrogen and oxygen atoms in total. The molecule has 3 aromatic carbocycles. The van der Waals surface area contributed by atoms with Gasteiger partial charge in [0.2, 0.25) is 0 Å². The molecule has 0 spiro atoms. The van der Waals surface area contributed by atoms with Crippen LogP contribution in [-0.4, -0.2) is 27.2 Å². The van der Waals surface area contributed by atoms with E-state index < -0.39 is 5.82 Å². The number of para-hydroxylation sites is 2. The summed E-state index contributed by atoms with van der Waals surface area (Å²) >= 11 is 1.28. The van der Waals surface area contributed by atoms with Gasteiger partial charge in [0.05, 0.1) is 11.2 Å². The van der Waals surface area contributed by atoms with Gasteiger partial charge in [-0.2, -0.15) is 5.10 Å². The summed E-state index contributed by atoms with van der Waals surface area (Å²) in [6.07, 6.45) is 3.51. The van der Waals surface area contributed by atoms with Gasteiger partial charge < -0.3 is 4.74 Å². The molecule has 2 aromatic heterocycles. The van der Waals surface area contributed by atoms with Crippen LogP contribution in [0, 0.1) is 5.82 Å². The van der Waals surface area contributed by atoms with E-state index in [9.17, 15) is 9.18 Å². The highest BCUT2D eigenvalue weighted by atomic mass is 32.1. The summed E-state index contributed by atoms with van der Waals surface area (Å²) in [4.78, 5) is 19.5. The lowest BCUT2D eigenvalue weighted by molar-refractivity contribution is 0.0985. The summed E-state index contributed by atoms with van der Waals surface area (Å²) in [7, 11) is 0. The Morgan fingerprint density at radius 3 is 2.48 bits per heavy atom. The second-order valence-corrected chi connectivity index (χ2v) is 8.26. The Morgan fingerprint density at radius 1 is 0.970 bits per heavy atom. The maximum absolute atomic E-state index is 14.2. The molecule has 0 aliphatic carbocycles. The van der Waals surface area contributed by atoms with Gasteiger partial charge in [0.15, 0.2) is 5.13 Å². The summed E-state index contributed by atoms with van der Waals surface area (Å²) in [6, 6.07) is 23.0. The Labute approximate surface area is 193 Å². The number of aromatic nitrogens is 3. The Balaban J connectivity index is 1.42. The van der Waals surface area contributed by atoms with Crippen molar-refractivity contribution in [2.75, 3.05) is 11.4 Å². The third-order valence-corrected chi connectivity index (χ3v) is 6.07. The second kappa shape index (κ2) is 9.22. The van der Waals surface area contributed by atoms with Crippen molar-refractivity contribution in [3.05, 3.63) is 103 Å². The van der Waals surface area contributed by atoms with Crippen molar-refractivity contribution in [2.45, 2.75) is 6.54 Å². The molecular formula is C25H19FN4O2S. The van der Waals surface area contributed by atoms with Crippen LogP contribution in [0.5, 0.6) is 11.5 Å². The van der Waals surface area contributed by atoms with Crippen molar-refractivity contribution in [3.63, 3.8) is 0 Å². The molecule has 0 saturated heterocycles. The van der Waals surface area contributed by atoms with Crippen molar-refractivity contribution in [2.24, 2.45) is 0 Å². The maximum Gasteiger partial charge on any atom is 0.260 e. The Kier molecular flexibility index (Phi) is 5.82. The molecule has 164 valence electrons. The number of fused-ring (bicyclic) bond motifs is 1. The van der Waals surface area contributed by atoms with E-state index in [2.05, 4.69) is 10.1 Å². The zero-order valence-electron chi connectivity index (χ0n) is 17.5. The molecule has 2 heterocycles. The minimum atomic E-state index is -0.406. The van der Waals surface area contributed by atoms with Crippen LogP contribution < -0.4 is 9.64 Å². The van der Waals surface area contributed by atoms with Crippen molar-refractivity contribution < 1.29 is 13.9 Å². The third kappa shape index (κ3) is 4.61. The zero-order valence-corrected chi connectivity index (χ0v) is 18.3. The molecule has 0 aliphatic heterocycles. The number of halogens is 1. The monoisotopic (exact) mass is 458 g/mol. The number of benzene rings is 3. The number of amides is 1. The zero-order chi connectivity index (χ0) is 22.6. The fourth-order valence-electron chi connectivity index (χ4n) is 3.38. The summed E-state index contributed by atoms with van der Waals surface area (Å²) in [5.41, 5.74) is 0.747. The number of anilines is 1. The number of hydrogen-bond acceptors (Lipinski definition) is 5. The standard InChI is InChI=1S/C25H19FN4O2S/c26-21-8-4-9-22-23(21)28-25(33-22)30(17-16-29-15-5-14-27-29)24(31)18-10-12-20(13-11-18)32-19-6-2-1-3-7-19/h1-15H,16-17H2. The van der Waals surface area contributed by atoms with E-state index in [1.807, 2.05) is 42.6 Å². The van der Waals surface area contributed by atoms with Gasteiger partial charge in [-0.15, -0.1) is 0 Å². The molecule has 0 fully saturated rings. The lowest BCUT2D eigenvalue weighted by Gasteiger charge is -2.20. The fraction of sp³-hybridized carbons (Fsp3) is 0.0800. The van der Waals surface area contributed by atoms with Crippen LogP contribution in [0.15, 0.2) is 91.3 Å². The van der Waals surface area contributed by atoms with Gasteiger partial charge in [0.25, 0.3) is 5.91 Å². The molecular weight excluding hydrogens is 439 g/mol. The van der Waals surface area contributed by atoms with Gasteiger partial charge in [-0.3, -0.25) is 14.4 Å². The summed E-state index contributed by atoms with van der Waals surface area (Å²) in [5, 5.41) is 4.65. The normalized spacial score (nSPS) is 10.9. The first-order valence-electron chi connectivity index (χ1n) is 10.3. The summed E-state index contributed by atoms with van der Waals surface area (Å²) in [6.45, 7) is 0.816. The minimum absolute atomic E-state index is 0.229. The number of thiazole rings is 1. The van der Waals surface area contributed by atoms with Crippen LogP contribution >= 0.6 is 11.3 Å². The van der Waals surface area contributed by atoms with Gasteiger partial charge in [0.1, 0.15) is 22.8 Å². The molecule has 5 rings (SSSR count). The third-order valence-electron chi connectivity index (χ3n) is 5.03. The topological polar surface area (TPSA) is 60.2 Å². The number of ether oxygens (including phenoxy) is 1. The smallest absolute Gasteiger partial charge is 0.260 e. The molecule has 0 atom stereocenters. The molecule has 8 heteroatoms. The molecule has 0 bridgehead atoms. The van der Waals surface area contributed by atoms with Crippen molar-refractivity contribution in [1.29, 1.82) is 0 Å². The van der Waals surface area contributed by atoms with Crippen LogP contribution in [0.25, 0.3) is 10.2 Å². The SMILES string of the molecule is O=C(c1ccc(Oc2ccccc2)cc1)N(CCn1cccn1)c1nc2c(F)cccc2s1. The number of rotatable bonds is 7. The molecule has 0 aliphatic rings. The quantitative estimate of drug-likeness (QED) is 0.311. The van der Waals surface area contributed by atoms with Crippen LogP contribution in [0.2, 0.25) is 0 Å². The highest BCUT2D eigenvalue weighted by Gasteiger charge is 2.22. The van der Waals surface area contributed by atoms with Crippen LogP contribution in [0.4, 0.5) is 9.52 Å². The van der Waals surface area contributed by atoms with Crippen molar-refractivity contribution in [1.82, 2.24) is 14.8 Å². The largest absolute Gasteiger partial charge is 0.457 e. The lowest BCUT2D eigenvalue weighted by Crippen LogP contribution is -2.34.